The Bertz CT molecular complexity index is 485. The third-order valence-corrected chi connectivity index (χ3v) is 3.25. The molecule has 5 nitrogen and oxygen atoms in total. The second-order valence-corrected chi connectivity index (χ2v) is 4.65. The summed E-state index contributed by atoms with van der Waals surface area (Å²) >= 11 is 0. The van der Waals surface area contributed by atoms with Crippen LogP contribution in [0.25, 0.3) is 0 Å². The van der Waals surface area contributed by atoms with Crippen LogP contribution in [0.4, 0.5) is 0 Å². The van der Waals surface area contributed by atoms with Gasteiger partial charge in [0.1, 0.15) is 6.04 Å². The molecule has 1 aromatic carbocycles. The van der Waals surface area contributed by atoms with E-state index in [1.54, 1.807) is 6.92 Å². The van der Waals surface area contributed by atoms with Crippen molar-refractivity contribution < 1.29 is 9.59 Å². The van der Waals surface area contributed by atoms with Gasteiger partial charge in [0.25, 0.3) is 0 Å². The van der Waals surface area contributed by atoms with Crippen molar-refractivity contribution in [3.05, 3.63) is 35.4 Å². The van der Waals surface area contributed by atoms with Gasteiger partial charge in [-0.1, -0.05) is 24.3 Å². The highest BCUT2D eigenvalue weighted by molar-refractivity contribution is 5.89. The molecule has 1 heterocycles. The summed E-state index contributed by atoms with van der Waals surface area (Å²) in [6.45, 7) is 2.01. The van der Waals surface area contributed by atoms with Gasteiger partial charge in [0, 0.05) is 13.0 Å². The maximum absolute atomic E-state index is 12.0. The zero-order chi connectivity index (χ0) is 13.3. The average Bonchev–Trinajstić information content (AvgIpc) is 2.36. The summed E-state index contributed by atoms with van der Waals surface area (Å²) in [4.78, 5) is 25.0. The molecule has 0 spiro atoms. The summed E-state index contributed by atoms with van der Waals surface area (Å²) < 4.78 is 0. The van der Waals surface area contributed by atoms with Gasteiger partial charge in [0.2, 0.25) is 11.8 Å². The van der Waals surface area contributed by atoms with Crippen molar-refractivity contribution in [3.63, 3.8) is 0 Å². The number of fused-ring (bicyclic) bond motifs is 1. The number of primary amides is 1. The van der Waals surface area contributed by atoms with E-state index in [1.807, 2.05) is 24.3 Å². The van der Waals surface area contributed by atoms with Crippen LogP contribution in [0, 0.1) is 0 Å². The molecule has 1 aliphatic heterocycles. The van der Waals surface area contributed by atoms with Crippen LogP contribution in [0.5, 0.6) is 0 Å². The number of hydrogen-bond acceptors (Lipinski definition) is 3. The number of rotatable bonds is 2. The highest BCUT2D eigenvalue weighted by Gasteiger charge is 2.34. The third-order valence-electron chi connectivity index (χ3n) is 3.25. The van der Waals surface area contributed by atoms with Gasteiger partial charge in [-0.15, -0.1) is 0 Å². The zero-order valence-electron chi connectivity index (χ0n) is 10.3. The Morgan fingerprint density at radius 1 is 1.33 bits per heavy atom. The predicted octanol–water partition coefficient (Wildman–Crippen LogP) is -0.228. The zero-order valence-corrected chi connectivity index (χ0v) is 10.3. The SMILES string of the molecule is C[C@H](N)C(=O)N1Cc2ccccc2C[C@H]1C(N)=O. The van der Waals surface area contributed by atoms with Gasteiger partial charge in [0.05, 0.1) is 6.04 Å². The first-order valence-electron chi connectivity index (χ1n) is 5.93. The highest BCUT2D eigenvalue weighted by Crippen LogP contribution is 2.23. The minimum absolute atomic E-state index is 0.242. The van der Waals surface area contributed by atoms with E-state index >= 15 is 0 Å². The Labute approximate surface area is 106 Å². The van der Waals surface area contributed by atoms with Crippen LogP contribution >= 0.6 is 0 Å². The number of nitrogens with two attached hydrogens (primary N) is 2. The molecule has 0 saturated heterocycles. The lowest BCUT2D eigenvalue weighted by Gasteiger charge is -2.36. The highest BCUT2D eigenvalue weighted by atomic mass is 16.2. The topological polar surface area (TPSA) is 89.4 Å². The lowest BCUT2D eigenvalue weighted by atomic mass is 9.93. The normalized spacial score (nSPS) is 20.1. The number of carbonyl (C=O) groups excluding carboxylic acids is 2. The second kappa shape index (κ2) is 4.78. The molecule has 0 unspecified atom stereocenters. The number of benzene rings is 1. The van der Waals surface area contributed by atoms with Gasteiger partial charge in [0.15, 0.2) is 0 Å². The molecule has 0 radical (unpaired) electrons. The fourth-order valence-corrected chi connectivity index (χ4v) is 2.27. The van der Waals surface area contributed by atoms with E-state index in [2.05, 4.69) is 0 Å². The Hall–Kier alpha value is -1.88. The molecular weight excluding hydrogens is 230 g/mol. The smallest absolute Gasteiger partial charge is 0.240 e. The number of hydrogen-bond donors (Lipinski definition) is 2. The molecule has 2 atom stereocenters. The van der Waals surface area contributed by atoms with Crippen molar-refractivity contribution in [2.45, 2.75) is 32.0 Å². The first-order chi connectivity index (χ1) is 8.50. The molecule has 2 amide bonds. The van der Waals surface area contributed by atoms with Crippen LogP contribution in [0.2, 0.25) is 0 Å². The molecule has 18 heavy (non-hydrogen) atoms. The Balaban J connectivity index is 2.34. The van der Waals surface area contributed by atoms with E-state index in [-0.39, 0.29) is 5.91 Å². The van der Waals surface area contributed by atoms with Gasteiger partial charge in [-0.05, 0) is 18.1 Å². The quantitative estimate of drug-likeness (QED) is 0.756. The summed E-state index contributed by atoms with van der Waals surface area (Å²) in [7, 11) is 0. The molecule has 5 heteroatoms. The van der Waals surface area contributed by atoms with E-state index in [4.69, 9.17) is 11.5 Å². The Kier molecular flexibility index (Phi) is 3.34. The van der Waals surface area contributed by atoms with Crippen LogP contribution in [0.15, 0.2) is 24.3 Å². The van der Waals surface area contributed by atoms with Gasteiger partial charge < -0.3 is 16.4 Å². The summed E-state index contributed by atoms with van der Waals surface area (Å²) in [5.41, 5.74) is 13.1. The molecule has 0 aliphatic carbocycles. The summed E-state index contributed by atoms with van der Waals surface area (Å²) in [5, 5.41) is 0. The lowest BCUT2D eigenvalue weighted by molar-refractivity contribution is -0.141. The van der Waals surface area contributed by atoms with E-state index in [0.717, 1.165) is 11.1 Å². The number of carbonyl (C=O) groups is 2. The first-order valence-corrected chi connectivity index (χ1v) is 5.93. The molecule has 0 fully saturated rings. The minimum Gasteiger partial charge on any atom is -0.368 e. The van der Waals surface area contributed by atoms with Gasteiger partial charge in [-0.3, -0.25) is 9.59 Å². The average molecular weight is 247 g/mol. The van der Waals surface area contributed by atoms with Crippen LogP contribution < -0.4 is 11.5 Å². The molecule has 1 aliphatic rings. The van der Waals surface area contributed by atoms with Gasteiger partial charge >= 0.3 is 0 Å². The summed E-state index contributed by atoms with van der Waals surface area (Å²) in [5.74, 6) is -0.730. The van der Waals surface area contributed by atoms with Gasteiger partial charge in [-0.2, -0.15) is 0 Å². The Morgan fingerprint density at radius 3 is 2.50 bits per heavy atom. The second-order valence-electron chi connectivity index (χ2n) is 4.65. The number of amides is 2. The molecule has 4 N–H and O–H groups in total. The van der Waals surface area contributed by atoms with Crippen molar-refractivity contribution in [2.75, 3.05) is 0 Å². The molecule has 96 valence electrons. The third kappa shape index (κ3) is 2.22. The molecule has 0 bridgehead atoms. The first kappa shape index (κ1) is 12.6. The molecule has 1 aromatic rings. The monoisotopic (exact) mass is 247 g/mol. The van der Waals surface area contributed by atoms with Crippen LogP contribution in [-0.2, 0) is 22.6 Å². The maximum Gasteiger partial charge on any atom is 0.240 e. The van der Waals surface area contributed by atoms with Crippen LogP contribution in [0.1, 0.15) is 18.1 Å². The fourth-order valence-electron chi connectivity index (χ4n) is 2.27. The summed E-state index contributed by atoms with van der Waals surface area (Å²) in [6, 6.07) is 6.51. The van der Waals surface area contributed by atoms with E-state index in [9.17, 15) is 9.59 Å². The minimum atomic E-state index is -0.628. The summed E-state index contributed by atoms with van der Waals surface area (Å²) in [6.07, 6.45) is 0.462. The van der Waals surface area contributed by atoms with Crippen molar-refractivity contribution in [1.82, 2.24) is 4.90 Å². The van der Waals surface area contributed by atoms with E-state index in [0.29, 0.717) is 13.0 Å². The number of nitrogens with zero attached hydrogens (tertiary/aromatic N) is 1. The van der Waals surface area contributed by atoms with Crippen molar-refractivity contribution >= 4 is 11.8 Å². The molecule has 0 aromatic heterocycles. The van der Waals surface area contributed by atoms with Crippen molar-refractivity contribution in [3.8, 4) is 0 Å². The Morgan fingerprint density at radius 2 is 1.94 bits per heavy atom. The maximum atomic E-state index is 12.0. The predicted molar refractivity (Wildman–Crippen MR) is 67.3 cm³/mol. The van der Waals surface area contributed by atoms with Crippen molar-refractivity contribution in [2.24, 2.45) is 11.5 Å². The largest absolute Gasteiger partial charge is 0.368 e. The molecular formula is C13H17N3O2. The lowest BCUT2D eigenvalue weighted by Crippen LogP contribution is -2.54. The fraction of sp³-hybridized carbons (Fsp3) is 0.385. The standard InChI is InChI=1S/C13H17N3O2/c1-8(14)13(18)16-7-10-5-3-2-4-9(10)6-11(16)12(15)17/h2-5,8,11H,6-7,14H2,1H3,(H2,15,17)/t8-,11-/m0/s1. The molecule has 2 rings (SSSR count). The van der Waals surface area contributed by atoms with Crippen LogP contribution in [0.3, 0.4) is 0 Å². The van der Waals surface area contributed by atoms with Crippen LogP contribution in [-0.4, -0.2) is 28.8 Å². The van der Waals surface area contributed by atoms with Gasteiger partial charge in [-0.25, -0.2) is 0 Å². The van der Waals surface area contributed by atoms with Crippen molar-refractivity contribution in [1.29, 1.82) is 0 Å². The van der Waals surface area contributed by atoms with E-state index in [1.165, 1.54) is 4.90 Å². The molecule has 0 saturated carbocycles. The van der Waals surface area contributed by atoms with E-state index < -0.39 is 18.0 Å².